The zero-order valence-electron chi connectivity index (χ0n) is 12.6. The summed E-state index contributed by atoms with van der Waals surface area (Å²) < 4.78 is 2.11. The van der Waals surface area contributed by atoms with E-state index in [2.05, 4.69) is 16.6 Å². The van der Waals surface area contributed by atoms with Crippen LogP contribution in [0.1, 0.15) is 50.8 Å². The monoisotopic (exact) mass is 273 g/mol. The molecule has 1 unspecified atom stereocenters. The molecule has 4 aliphatic rings. The Hall–Kier alpha value is -0.830. The second kappa shape index (κ2) is 4.59. The predicted molar refractivity (Wildman–Crippen MR) is 80.1 cm³/mol. The van der Waals surface area contributed by atoms with Crippen molar-refractivity contribution in [3.05, 3.63) is 18.2 Å². The van der Waals surface area contributed by atoms with Gasteiger partial charge in [0.15, 0.2) is 0 Å². The maximum absolute atomic E-state index is 6.50. The van der Waals surface area contributed by atoms with Gasteiger partial charge >= 0.3 is 0 Å². The van der Waals surface area contributed by atoms with Crippen LogP contribution in [0.25, 0.3) is 0 Å². The Balaban J connectivity index is 1.44. The largest absolute Gasteiger partial charge is 0.338 e. The van der Waals surface area contributed by atoms with E-state index in [0.29, 0.717) is 5.41 Å². The molecule has 4 fully saturated rings. The lowest BCUT2D eigenvalue weighted by atomic mass is 9.48. The molecule has 0 spiro atoms. The van der Waals surface area contributed by atoms with E-state index in [1.807, 2.05) is 12.4 Å². The molecule has 1 heterocycles. The molecule has 1 aromatic rings. The van der Waals surface area contributed by atoms with Crippen LogP contribution in [0, 0.1) is 23.2 Å². The van der Waals surface area contributed by atoms with Crippen LogP contribution in [0.15, 0.2) is 12.4 Å². The van der Waals surface area contributed by atoms with E-state index in [1.165, 1.54) is 44.9 Å². The van der Waals surface area contributed by atoms with E-state index in [4.69, 9.17) is 5.73 Å². The van der Waals surface area contributed by atoms with Crippen LogP contribution in [0.2, 0.25) is 0 Å². The molecule has 4 aliphatic carbocycles. The number of imidazole rings is 1. The Morgan fingerprint density at radius 3 is 2.35 bits per heavy atom. The van der Waals surface area contributed by atoms with Crippen molar-refractivity contribution in [3.63, 3.8) is 0 Å². The topological polar surface area (TPSA) is 43.8 Å². The van der Waals surface area contributed by atoms with Gasteiger partial charge in [0, 0.05) is 31.9 Å². The van der Waals surface area contributed by atoms with Gasteiger partial charge in [-0.1, -0.05) is 0 Å². The number of nitrogens with two attached hydrogens (primary N) is 1. The molecule has 0 radical (unpaired) electrons. The van der Waals surface area contributed by atoms with Crippen LogP contribution in [0.4, 0.5) is 0 Å². The summed E-state index contributed by atoms with van der Waals surface area (Å²) in [5, 5.41) is 0. The minimum atomic E-state index is 0.285. The van der Waals surface area contributed by atoms with E-state index in [1.54, 1.807) is 0 Å². The molecule has 110 valence electrons. The summed E-state index contributed by atoms with van der Waals surface area (Å²) >= 11 is 0. The van der Waals surface area contributed by atoms with Gasteiger partial charge in [-0.05, 0) is 68.1 Å². The molecule has 5 rings (SSSR count). The van der Waals surface area contributed by atoms with Gasteiger partial charge in [0.05, 0.1) is 0 Å². The third-order valence-corrected chi connectivity index (χ3v) is 6.23. The number of aryl methyl sites for hydroxylation is 1. The molecule has 4 bridgehead atoms. The first kappa shape index (κ1) is 12.9. The predicted octanol–water partition coefficient (Wildman–Crippen LogP) is 2.90. The average molecular weight is 273 g/mol. The quantitative estimate of drug-likeness (QED) is 0.916. The summed E-state index contributed by atoms with van der Waals surface area (Å²) in [7, 11) is 2.07. The molecule has 0 amide bonds. The van der Waals surface area contributed by atoms with Gasteiger partial charge in [0.25, 0.3) is 0 Å². The van der Waals surface area contributed by atoms with Crippen molar-refractivity contribution >= 4 is 0 Å². The van der Waals surface area contributed by atoms with Gasteiger partial charge in [-0.25, -0.2) is 4.98 Å². The van der Waals surface area contributed by atoms with Gasteiger partial charge in [0.2, 0.25) is 0 Å². The van der Waals surface area contributed by atoms with Gasteiger partial charge in [-0.15, -0.1) is 0 Å². The molecular formula is C17H27N3. The van der Waals surface area contributed by atoms with E-state index in [-0.39, 0.29) is 6.04 Å². The first-order chi connectivity index (χ1) is 9.62. The van der Waals surface area contributed by atoms with Crippen LogP contribution < -0.4 is 5.73 Å². The molecule has 1 aromatic heterocycles. The molecule has 3 heteroatoms. The molecule has 3 nitrogen and oxygen atoms in total. The number of nitrogens with zero attached hydrogens (tertiary/aromatic N) is 2. The fourth-order valence-corrected chi connectivity index (χ4v) is 6.00. The lowest BCUT2D eigenvalue weighted by Gasteiger charge is -2.57. The van der Waals surface area contributed by atoms with Crippen molar-refractivity contribution in [2.45, 2.75) is 57.4 Å². The first-order valence-electron chi connectivity index (χ1n) is 8.34. The van der Waals surface area contributed by atoms with Crippen molar-refractivity contribution in [1.82, 2.24) is 9.55 Å². The summed E-state index contributed by atoms with van der Waals surface area (Å²) in [6, 6.07) is 0.285. The van der Waals surface area contributed by atoms with E-state index >= 15 is 0 Å². The fourth-order valence-electron chi connectivity index (χ4n) is 6.00. The molecule has 1 atom stereocenters. The third kappa shape index (κ3) is 2.20. The normalized spacial score (nSPS) is 40.2. The van der Waals surface area contributed by atoms with E-state index in [0.717, 1.165) is 30.0 Å². The number of aromatic nitrogens is 2. The van der Waals surface area contributed by atoms with Gasteiger partial charge in [-0.2, -0.15) is 0 Å². The third-order valence-electron chi connectivity index (χ3n) is 6.23. The average Bonchev–Trinajstić information content (AvgIpc) is 2.72. The van der Waals surface area contributed by atoms with E-state index < -0.39 is 0 Å². The smallest absolute Gasteiger partial charge is 0.109 e. The van der Waals surface area contributed by atoms with Crippen LogP contribution in [-0.2, 0) is 13.5 Å². The maximum atomic E-state index is 6.50. The van der Waals surface area contributed by atoms with Gasteiger partial charge < -0.3 is 10.3 Å². The van der Waals surface area contributed by atoms with Crippen molar-refractivity contribution in [2.24, 2.45) is 36.0 Å². The minimum absolute atomic E-state index is 0.285. The maximum Gasteiger partial charge on any atom is 0.109 e. The highest BCUT2D eigenvalue weighted by atomic mass is 15.0. The second-order valence-corrected chi connectivity index (χ2v) is 8.04. The zero-order chi connectivity index (χ0) is 13.7. The highest BCUT2D eigenvalue weighted by molar-refractivity contribution is 5.03. The highest BCUT2D eigenvalue weighted by Gasteiger charge is 2.50. The van der Waals surface area contributed by atoms with E-state index in [9.17, 15) is 0 Å². The molecule has 0 aliphatic heterocycles. The molecular weight excluding hydrogens is 246 g/mol. The van der Waals surface area contributed by atoms with Crippen molar-refractivity contribution < 1.29 is 0 Å². The Kier molecular flexibility index (Phi) is 2.95. The molecule has 0 saturated heterocycles. The number of rotatable bonds is 4. The highest BCUT2D eigenvalue weighted by Crippen LogP contribution is 2.61. The Bertz CT molecular complexity index is 455. The standard InChI is InChI=1S/C17H27N3/c1-20-3-2-19-16(20)7-15(18)11-17-8-12-4-13(9-17)6-14(5-12)10-17/h2-3,12-15H,4-11,18H2,1H3. The number of hydrogen-bond acceptors (Lipinski definition) is 2. The fraction of sp³-hybridized carbons (Fsp3) is 0.824. The van der Waals surface area contributed by atoms with Crippen molar-refractivity contribution in [1.29, 1.82) is 0 Å². The van der Waals surface area contributed by atoms with Crippen LogP contribution in [0.5, 0.6) is 0 Å². The molecule has 0 aromatic carbocycles. The molecule has 4 saturated carbocycles. The summed E-state index contributed by atoms with van der Waals surface area (Å²) in [6.45, 7) is 0. The summed E-state index contributed by atoms with van der Waals surface area (Å²) in [4.78, 5) is 4.43. The first-order valence-corrected chi connectivity index (χ1v) is 8.34. The van der Waals surface area contributed by atoms with Crippen LogP contribution in [0.3, 0.4) is 0 Å². The zero-order valence-corrected chi connectivity index (χ0v) is 12.6. The number of hydrogen-bond donors (Lipinski definition) is 1. The van der Waals surface area contributed by atoms with Crippen molar-refractivity contribution in [2.75, 3.05) is 0 Å². The lowest BCUT2D eigenvalue weighted by Crippen LogP contribution is -2.48. The Labute approximate surface area is 122 Å². The lowest BCUT2D eigenvalue weighted by molar-refractivity contribution is -0.0603. The summed E-state index contributed by atoms with van der Waals surface area (Å²) in [5.74, 6) is 4.23. The Morgan fingerprint density at radius 2 is 1.85 bits per heavy atom. The van der Waals surface area contributed by atoms with Gasteiger partial charge in [-0.3, -0.25) is 0 Å². The molecule has 20 heavy (non-hydrogen) atoms. The van der Waals surface area contributed by atoms with Crippen molar-refractivity contribution in [3.8, 4) is 0 Å². The Morgan fingerprint density at radius 1 is 1.25 bits per heavy atom. The minimum Gasteiger partial charge on any atom is -0.338 e. The summed E-state index contributed by atoms with van der Waals surface area (Å²) in [5.41, 5.74) is 7.10. The second-order valence-electron chi connectivity index (χ2n) is 8.04. The SMILES string of the molecule is Cn1ccnc1CC(N)CC12CC3CC(CC(C3)C1)C2. The summed E-state index contributed by atoms with van der Waals surface area (Å²) in [6.07, 6.45) is 15.0. The van der Waals surface area contributed by atoms with Gasteiger partial charge in [0.1, 0.15) is 5.82 Å². The molecule has 2 N–H and O–H groups in total. The van der Waals surface area contributed by atoms with Crippen LogP contribution >= 0.6 is 0 Å². The van der Waals surface area contributed by atoms with Crippen LogP contribution in [-0.4, -0.2) is 15.6 Å².